The van der Waals surface area contributed by atoms with Crippen molar-refractivity contribution in [2.75, 3.05) is 25.4 Å². The van der Waals surface area contributed by atoms with Crippen molar-refractivity contribution in [2.24, 2.45) is 5.73 Å². The lowest BCUT2D eigenvalue weighted by atomic mass is 9.85. The Labute approximate surface area is 173 Å². The molecule has 6 nitrogen and oxygen atoms in total. The van der Waals surface area contributed by atoms with Crippen molar-refractivity contribution in [1.82, 2.24) is 4.90 Å². The van der Waals surface area contributed by atoms with E-state index in [0.29, 0.717) is 12.5 Å². The van der Waals surface area contributed by atoms with Gasteiger partial charge in [0.1, 0.15) is 0 Å². The number of carbonyl (C=O) groups excluding carboxylic acids is 1. The van der Waals surface area contributed by atoms with E-state index < -0.39 is 12.1 Å². The number of piperidine rings is 1. The van der Waals surface area contributed by atoms with Crippen LogP contribution in [0.2, 0.25) is 0 Å². The molecule has 1 fully saturated rings. The average Bonchev–Trinajstić information content (AvgIpc) is 2.69. The summed E-state index contributed by atoms with van der Waals surface area (Å²) in [6.45, 7) is 2.26. The summed E-state index contributed by atoms with van der Waals surface area (Å²) in [6.07, 6.45) is 4.30. The summed E-state index contributed by atoms with van der Waals surface area (Å²) in [5.41, 5.74) is 16.5. The molecule has 9 heteroatoms. The third kappa shape index (κ3) is 7.05. The molecule has 0 atom stereocenters. The summed E-state index contributed by atoms with van der Waals surface area (Å²) in [4.78, 5) is 22.1. The highest BCUT2D eigenvalue weighted by atomic mass is 19.4. The maximum Gasteiger partial charge on any atom is 0.490 e. The minimum absolute atomic E-state index is 0.234. The summed E-state index contributed by atoms with van der Waals surface area (Å²) < 4.78 is 31.7. The molecule has 0 spiro atoms. The highest BCUT2D eigenvalue weighted by Crippen LogP contribution is 2.35. The van der Waals surface area contributed by atoms with Crippen LogP contribution in [0.25, 0.3) is 5.57 Å². The lowest BCUT2D eigenvalue weighted by Crippen LogP contribution is -2.39. The van der Waals surface area contributed by atoms with Crippen LogP contribution >= 0.6 is 0 Å². The van der Waals surface area contributed by atoms with Gasteiger partial charge in [-0.2, -0.15) is 13.2 Å². The van der Waals surface area contributed by atoms with E-state index in [1.807, 2.05) is 0 Å². The average molecular weight is 427 g/mol. The number of aliphatic carboxylic acids is 1. The zero-order chi connectivity index (χ0) is 22.3. The van der Waals surface area contributed by atoms with Crippen molar-refractivity contribution in [1.29, 1.82) is 0 Å². The van der Waals surface area contributed by atoms with E-state index in [-0.39, 0.29) is 5.91 Å². The van der Waals surface area contributed by atoms with Gasteiger partial charge >= 0.3 is 12.1 Å². The van der Waals surface area contributed by atoms with E-state index in [9.17, 15) is 18.0 Å². The van der Waals surface area contributed by atoms with Crippen molar-refractivity contribution < 1.29 is 27.9 Å². The van der Waals surface area contributed by atoms with Gasteiger partial charge in [-0.15, -0.1) is 0 Å². The Morgan fingerprint density at radius 1 is 1.17 bits per heavy atom. The van der Waals surface area contributed by atoms with Crippen molar-refractivity contribution in [2.45, 2.75) is 50.6 Å². The van der Waals surface area contributed by atoms with Crippen LogP contribution in [-0.2, 0) is 9.59 Å². The van der Waals surface area contributed by atoms with Crippen LogP contribution in [0.5, 0.6) is 0 Å². The van der Waals surface area contributed by atoms with Crippen LogP contribution in [0.15, 0.2) is 24.3 Å². The zero-order valence-electron chi connectivity index (χ0n) is 16.8. The standard InChI is InChI=1S/C19H27N3O.C2HF3O2/c20-18-7-6-16(12-17(18)15-4-2-1-3-5-15)14-8-10-22(11-9-14)13-19(21)23;3-2(4,5)1(6)7/h4,6-7,12,14H,1-3,5,8-11,13,20H2,(H2,21,23);(H,6,7). The number of amides is 1. The molecule has 30 heavy (non-hydrogen) atoms. The third-order valence-corrected chi connectivity index (χ3v) is 5.40. The first-order valence-corrected chi connectivity index (χ1v) is 9.97. The van der Waals surface area contributed by atoms with E-state index in [4.69, 9.17) is 21.4 Å². The molecular formula is C21H28F3N3O3. The third-order valence-electron chi connectivity index (χ3n) is 5.40. The van der Waals surface area contributed by atoms with Crippen molar-refractivity contribution in [3.05, 3.63) is 35.4 Å². The van der Waals surface area contributed by atoms with Crippen LogP contribution in [0.4, 0.5) is 18.9 Å². The molecule has 0 radical (unpaired) electrons. The van der Waals surface area contributed by atoms with Crippen LogP contribution < -0.4 is 11.5 Å². The Hall–Kier alpha value is -2.55. The lowest BCUT2D eigenvalue weighted by Gasteiger charge is -2.31. The second kappa shape index (κ2) is 10.5. The van der Waals surface area contributed by atoms with Gasteiger partial charge in [0.25, 0.3) is 0 Å². The van der Waals surface area contributed by atoms with E-state index in [0.717, 1.165) is 38.0 Å². The van der Waals surface area contributed by atoms with Gasteiger partial charge in [-0.05, 0) is 80.8 Å². The number of halogens is 3. The second-order valence-electron chi connectivity index (χ2n) is 7.64. The van der Waals surface area contributed by atoms with E-state index in [1.54, 1.807) is 0 Å². The number of alkyl halides is 3. The number of nitrogens with zero attached hydrogens (tertiary/aromatic N) is 1. The molecule has 1 aromatic carbocycles. The Morgan fingerprint density at radius 2 is 1.80 bits per heavy atom. The molecular weight excluding hydrogens is 399 g/mol. The fourth-order valence-corrected chi connectivity index (χ4v) is 3.83. The smallest absolute Gasteiger partial charge is 0.475 e. The first kappa shape index (κ1) is 23.7. The van der Waals surface area contributed by atoms with Crippen molar-refractivity contribution in [3.63, 3.8) is 0 Å². The van der Waals surface area contributed by atoms with Crippen molar-refractivity contribution >= 4 is 23.1 Å². The second-order valence-corrected chi connectivity index (χ2v) is 7.64. The summed E-state index contributed by atoms with van der Waals surface area (Å²) in [6, 6.07) is 6.55. The van der Waals surface area contributed by atoms with Crippen LogP contribution in [0.1, 0.15) is 55.6 Å². The van der Waals surface area contributed by atoms with Crippen LogP contribution in [0, 0.1) is 0 Å². The minimum atomic E-state index is -5.08. The molecule has 1 amide bonds. The quantitative estimate of drug-likeness (QED) is 0.637. The molecule has 1 aliphatic heterocycles. The van der Waals surface area contributed by atoms with E-state index in [2.05, 4.69) is 29.2 Å². The summed E-state index contributed by atoms with van der Waals surface area (Å²) >= 11 is 0. The number of primary amides is 1. The van der Waals surface area contributed by atoms with Gasteiger partial charge in [-0.25, -0.2) is 4.79 Å². The molecule has 0 bridgehead atoms. The number of carboxylic acids is 1. The number of allylic oxidation sites excluding steroid dienone is 2. The van der Waals surface area contributed by atoms with E-state index >= 15 is 0 Å². The normalized spacial score (nSPS) is 18.2. The Balaban J connectivity index is 0.000000396. The number of carbonyl (C=O) groups is 2. The molecule has 0 unspecified atom stereocenters. The highest BCUT2D eigenvalue weighted by molar-refractivity contribution is 5.76. The number of rotatable bonds is 4. The first-order chi connectivity index (χ1) is 14.1. The molecule has 1 aromatic rings. The molecule has 0 saturated carbocycles. The number of nitrogens with two attached hydrogens (primary N) is 2. The SMILES string of the molecule is NC(=O)CN1CCC(c2ccc(N)c(C3=CCCCC3)c2)CC1.O=C(O)C(F)(F)F. The molecule has 3 rings (SSSR count). The van der Waals surface area contributed by atoms with Crippen molar-refractivity contribution in [3.8, 4) is 0 Å². The number of nitrogen functional groups attached to an aromatic ring is 1. The minimum Gasteiger partial charge on any atom is -0.475 e. The number of benzene rings is 1. The maximum atomic E-state index is 11.0. The molecule has 1 saturated heterocycles. The Bertz CT molecular complexity index is 785. The van der Waals surface area contributed by atoms with Gasteiger partial charge < -0.3 is 16.6 Å². The summed E-state index contributed by atoms with van der Waals surface area (Å²) in [7, 11) is 0. The molecule has 2 aliphatic rings. The molecule has 166 valence electrons. The Kier molecular flexibility index (Phi) is 8.28. The maximum absolute atomic E-state index is 11.0. The largest absolute Gasteiger partial charge is 0.490 e. The van der Waals surface area contributed by atoms with Gasteiger partial charge in [-0.3, -0.25) is 9.69 Å². The fraction of sp³-hybridized carbons (Fsp3) is 0.524. The number of hydrogen-bond donors (Lipinski definition) is 3. The number of anilines is 1. The molecule has 1 heterocycles. The van der Waals surface area contributed by atoms with Crippen LogP contribution in [0.3, 0.4) is 0 Å². The fourth-order valence-electron chi connectivity index (χ4n) is 3.83. The predicted octanol–water partition coefficient (Wildman–Crippen LogP) is 3.52. The topological polar surface area (TPSA) is 110 Å². The predicted molar refractivity (Wildman–Crippen MR) is 109 cm³/mol. The van der Waals surface area contributed by atoms with Gasteiger partial charge in [-0.1, -0.05) is 12.1 Å². The first-order valence-electron chi connectivity index (χ1n) is 9.97. The van der Waals surface area contributed by atoms with Crippen LogP contribution in [-0.4, -0.2) is 47.7 Å². The van der Waals surface area contributed by atoms with Gasteiger partial charge in [0.05, 0.1) is 6.54 Å². The summed E-state index contributed by atoms with van der Waals surface area (Å²) in [5.74, 6) is -2.43. The van der Waals surface area contributed by atoms with Gasteiger partial charge in [0.2, 0.25) is 5.91 Å². The highest BCUT2D eigenvalue weighted by Gasteiger charge is 2.38. The molecule has 1 aliphatic carbocycles. The zero-order valence-corrected chi connectivity index (χ0v) is 16.8. The number of hydrogen-bond acceptors (Lipinski definition) is 4. The monoisotopic (exact) mass is 427 g/mol. The van der Waals surface area contributed by atoms with E-state index in [1.165, 1.54) is 36.0 Å². The number of carboxylic acid groups (broad SMARTS) is 1. The Morgan fingerprint density at radius 3 is 2.30 bits per heavy atom. The number of likely N-dealkylation sites (tertiary alicyclic amines) is 1. The van der Waals surface area contributed by atoms with Gasteiger partial charge in [0.15, 0.2) is 0 Å². The molecule has 5 N–H and O–H groups in total. The summed E-state index contributed by atoms with van der Waals surface area (Å²) in [5, 5.41) is 7.12. The lowest BCUT2D eigenvalue weighted by molar-refractivity contribution is -0.192. The molecule has 0 aromatic heterocycles. The van der Waals surface area contributed by atoms with Gasteiger partial charge in [0, 0.05) is 11.3 Å².